The van der Waals surface area contributed by atoms with Gasteiger partial charge in [-0.3, -0.25) is 14.4 Å². The Hall–Kier alpha value is -2.49. The number of aliphatic hydroxyl groups is 9. The van der Waals surface area contributed by atoms with Gasteiger partial charge in [0.25, 0.3) is 0 Å². The minimum absolute atomic E-state index is 0.134. The molecule has 22 heteroatoms. The Bertz CT molecular complexity index is 2300. The number of allylic oxidation sites excluding steroid dienone is 2. The first kappa shape index (κ1) is 62.1. The topological polar surface area (TPSA) is 326 Å². The van der Waals surface area contributed by atoms with E-state index in [0.717, 1.165) is 32.1 Å². The summed E-state index contributed by atoms with van der Waals surface area (Å²) in [6.45, 7) is 22.5. The van der Waals surface area contributed by atoms with E-state index in [4.69, 9.17) is 47.4 Å². The highest BCUT2D eigenvalue weighted by molar-refractivity contribution is 5.79. The molecule has 9 N–H and O–H groups in total. The Morgan fingerprint density at radius 1 is 0.550 bits per heavy atom. The Labute approximate surface area is 469 Å². The molecule has 8 fully saturated rings. The van der Waals surface area contributed by atoms with E-state index in [1.807, 2.05) is 0 Å². The first-order valence-corrected chi connectivity index (χ1v) is 29.2. The molecule has 0 amide bonds. The number of esters is 3. The second kappa shape index (κ2) is 22.4. The number of carbonyl (C=O) groups excluding carboxylic acids is 3. The Balaban J connectivity index is 0.981. The average Bonchev–Trinajstić information content (AvgIpc) is 3.38. The first-order chi connectivity index (χ1) is 37.3. The molecule has 28 atom stereocenters. The summed E-state index contributed by atoms with van der Waals surface area (Å²) in [5.41, 5.74) is -1.18. The third-order valence-electron chi connectivity index (χ3n) is 21.9. The SMILES string of the molecule is CC(=O)O[C@H]1[C@@H](OC(C)=O)[C@@H](C)O[C@@H](O[C@H]2CC[C@]3(C)[C@H]4CC=C5[C@@H]6CC(C)(C)CC[C@]6(C(=O)O[C@@H]6O[C@H](CO)[C@@H](O)[C@H](O)[C@H]6O[C@@H]6O[C@@H](C)[C@H](O)[C@@H](O)[C@H]6O)CC[C@@]5(C)[C@]4(C)CC[C@H]3C2(C)C)[C@@H]1O[C@@H]1O[C@@H](C)[C@H](O)[C@@H](O)[C@H]1O. The molecule has 9 aliphatic rings. The summed E-state index contributed by atoms with van der Waals surface area (Å²) in [5.74, 6) is -1.81. The smallest absolute Gasteiger partial charge is 0.315 e. The van der Waals surface area contributed by atoms with Gasteiger partial charge in [0.1, 0.15) is 54.9 Å². The highest BCUT2D eigenvalue weighted by Crippen LogP contribution is 2.76. The Morgan fingerprint density at radius 2 is 1.11 bits per heavy atom. The monoisotopic (exact) mass is 1140 g/mol. The van der Waals surface area contributed by atoms with Gasteiger partial charge in [0.2, 0.25) is 6.29 Å². The van der Waals surface area contributed by atoms with Crippen LogP contribution in [0.15, 0.2) is 11.6 Å². The van der Waals surface area contributed by atoms with Crippen LogP contribution in [-0.4, -0.2) is 199 Å². The van der Waals surface area contributed by atoms with Gasteiger partial charge >= 0.3 is 17.9 Å². The molecule has 0 radical (unpaired) electrons. The zero-order valence-electron chi connectivity index (χ0n) is 48.5. The number of aliphatic hydroxyl groups excluding tert-OH is 9. The standard InChI is InChI=1S/C58H92O22/c1-25-36(62)39(65)42(68)48(71-25)78-45-41(67)38(64)32(24-59)76-50(45)80-52(70)58-21-19-53(6,7)23-31(58)30-13-14-34-55(10)17-16-35(54(8,9)33(55)15-18-57(34,12)56(30,11)20-22-58)77-51-47(79-49-43(69)40(66)37(63)26(2)72-49)46(75-29(5)61)44(27(3)73-51)74-28(4)60/h13,25-27,31-51,59,62-69H,14-24H2,1-12H3/t25-,26-,27+,31-,32+,33-,34+,35-,36-,37-,38+,39+,40+,41-,42+,43+,44-,45+,46-,47+,48-,49-,50-,51-,55-,56+,57+,58-/m0/s1. The summed E-state index contributed by atoms with van der Waals surface area (Å²) in [7, 11) is 0. The molecule has 80 heavy (non-hydrogen) atoms. The quantitative estimate of drug-likeness (QED) is 0.0620. The van der Waals surface area contributed by atoms with Gasteiger partial charge in [-0.25, -0.2) is 0 Å². The van der Waals surface area contributed by atoms with E-state index < -0.39 is 164 Å². The summed E-state index contributed by atoms with van der Waals surface area (Å²) in [4.78, 5) is 40.6. The van der Waals surface area contributed by atoms with Crippen LogP contribution in [0.3, 0.4) is 0 Å². The second-order valence-electron chi connectivity index (χ2n) is 27.4. The van der Waals surface area contributed by atoms with Crippen molar-refractivity contribution in [3.8, 4) is 0 Å². The molecule has 0 unspecified atom stereocenters. The molecule has 4 saturated carbocycles. The van der Waals surface area contributed by atoms with Crippen LogP contribution in [0.2, 0.25) is 0 Å². The number of fused-ring (bicyclic) bond motifs is 7. The first-order valence-electron chi connectivity index (χ1n) is 29.2. The zero-order chi connectivity index (χ0) is 58.7. The van der Waals surface area contributed by atoms with Crippen LogP contribution in [0.1, 0.15) is 147 Å². The number of hydrogen-bond acceptors (Lipinski definition) is 22. The van der Waals surface area contributed by atoms with Crippen molar-refractivity contribution in [3.63, 3.8) is 0 Å². The average molecular weight is 1140 g/mol. The van der Waals surface area contributed by atoms with Crippen LogP contribution in [0.5, 0.6) is 0 Å². The van der Waals surface area contributed by atoms with Crippen LogP contribution < -0.4 is 0 Å². The normalized spacial score (nSPS) is 51.7. The Kier molecular flexibility index (Phi) is 17.4. The molecular weight excluding hydrogens is 1050 g/mol. The minimum Gasteiger partial charge on any atom is -0.456 e. The molecule has 0 aromatic heterocycles. The maximum absolute atomic E-state index is 15.4. The summed E-state index contributed by atoms with van der Waals surface area (Å²) in [6.07, 6.45) is -19.8. The minimum atomic E-state index is -1.78. The molecule has 0 spiro atoms. The summed E-state index contributed by atoms with van der Waals surface area (Å²) >= 11 is 0. The maximum atomic E-state index is 15.4. The highest BCUT2D eigenvalue weighted by atomic mass is 16.8. The van der Waals surface area contributed by atoms with Gasteiger partial charge in [0, 0.05) is 13.8 Å². The lowest BCUT2D eigenvalue weighted by molar-refractivity contribution is -0.374. The maximum Gasteiger partial charge on any atom is 0.315 e. The van der Waals surface area contributed by atoms with Crippen molar-refractivity contribution < 1.29 is 108 Å². The lowest BCUT2D eigenvalue weighted by Crippen LogP contribution is -2.67. The lowest BCUT2D eigenvalue weighted by atomic mass is 9.33. The largest absolute Gasteiger partial charge is 0.456 e. The predicted molar refractivity (Wildman–Crippen MR) is 278 cm³/mol. The fraction of sp³-hybridized carbons (Fsp3) is 0.914. The van der Waals surface area contributed by atoms with Gasteiger partial charge in [-0.15, -0.1) is 0 Å². The van der Waals surface area contributed by atoms with Crippen molar-refractivity contribution in [2.75, 3.05) is 6.61 Å². The van der Waals surface area contributed by atoms with Gasteiger partial charge in [-0.1, -0.05) is 60.1 Å². The summed E-state index contributed by atoms with van der Waals surface area (Å²) in [5, 5.41) is 96.9. The zero-order valence-corrected chi connectivity index (χ0v) is 48.5. The van der Waals surface area contributed by atoms with Crippen molar-refractivity contribution in [1.29, 1.82) is 0 Å². The van der Waals surface area contributed by atoms with Crippen molar-refractivity contribution in [1.82, 2.24) is 0 Å². The van der Waals surface area contributed by atoms with Gasteiger partial charge in [-0.05, 0) is 130 Å². The number of carbonyl (C=O) groups is 3. The van der Waals surface area contributed by atoms with Crippen LogP contribution in [0.4, 0.5) is 0 Å². The molecule has 22 nitrogen and oxygen atoms in total. The van der Waals surface area contributed by atoms with Crippen molar-refractivity contribution in [3.05, 3.63) is 11.6 Å². The number of ether oxygens (including phenoxy) is 10. The number of rotatable bonds is 11. The third-order valence-corrected chi connectivity index (χ3v) is 21.9. The van der Waals surface area contributed by atoms with Crippen LogP contribution in [0, 0.1) is 50.2 Å². The van der Waals surface area contributed by atoms with Crippen LogP contribution in [-0.2, 0) is 61.8 Å². The fourth-order valence-corrected chi connectivity index (χ4v) is 17.0. The Morgan fingerprint density at radius 3 is 1.70 bits per heavy atom. The van der Waals surface area contributed by atoms with E-state index in [1.165, 1.54) is 33.3 Å². The van der Waals surface area contributed by atoms with Gasteiger partial charge in [-0.2, -0.15) is 0 Å². The molecule has 9 rings (SSSR count). The number of hydrogen-bond donors (Lipinski definition) is 9. The summed E-state index contributed by atoms with van der Waals surface area (Å²) < 4.78 is 61.5. The van der Waals surface area contributed by atoms with Crippen LogP contribution in [0.25, 0.3) is 0 Å². The molecule has 4 saturated heterocycles. The van der Waals surface area contributed by atoms with Gasteiger partial charge in [0.05, 0.1) is 36.4 Å². The molecule has 5 aliphatic carbocycles. The molecule has 4 aliphatic heterocycles. The molecular formula is C58H92O22. The van der Waals surface area contributed by atoms with E-state index in [-0.39, 0.29) is 39.4 Å². The molecule has 0 aromatic carbocycles. The molecule has 4 heterocycles. The molecule has 0 bridgehead atoms. The van der Waals surface area contributed by atoms with Gasteiger partial charge < -0.3 is 93.3 Å². The highest BCUT2D eigenvalue weighted by Gasteiger charge is 2.70. The lowest BCUT2D eigenvalue weighted by Gasteiger charge is -2.71. The van der Waals surface area contributed by atoms with E-state index in [1.54, 1.807) is 6.92 Å². The van der Waals surface area contributed by atoms with E-state index in [0.29, 0.717) is 32.1 Å². The predicted octanol–water partition coefficient (Wildman–Crippen LogP) is 2.19. The molecule has 456 valence electrons. The van der Waals surface area contributed by atoms with E-state index in [2.05, 4.69) is 54.5 Å². The van der Waals surface area contributed by atoms with Crippen molar-refractivity contribution >= 4 is 17.9 Å². The fourth-order valence-electron chi connectivity index (χ4n) is 17.0. The third kappa shape index (κ3) is 10.4. The molecule has 0 aromatic rings. The van der Waals surface area contributed by atoms with E-state index >= 15 is 4.79 Å². The van der Waals surface area contributed by atoms with Crippen molar-refractivity contribution in [2.45, 2.75) is 276 Å². The van der Waals surface area contributed by atoms with Crippen molar-refractivity contribution in [2.24, 2.45) is 50.2 Å². The second-order valence-corrected chi connectivity index (χ2v) is 27.4. The van der Waals surface area contributed by atoms with E-state index in [9.17, 15) is 55.5 Å². The summed E-state index contributed by atoms with van der Waals surface area (Å²) in [6, 6.07) is 0. The van der Waals surface area contributed by atoms with Crippen LogP contribution >= 0.6 is 0 Å². The van der Waals surface area contributed by atoms with Gasteiger partial charge in [0.15, 0.2) is 43.3 Å².